The summed E-state index contributed by atoms with van der Waals surface area (Å²) in [5.74, 6) is 0.0901. The lowest BCUT2D eigenvalue weighted by atomic mass is 10.1. The smallest absolute Gasteiger partial charge is 0.272 e. The Morgan fingerprint density at radius 3 is 2.58 bits per heavy atom. The molecule has 2 aliphatic heterocycles. The van der Waals surface area contributed by atoms with Crippen LogP contribution in [0, 0.1) is 0 Å². The van der Waals surface area contributed by atoms with Gasteiger partial charge < -0.3 is 9.64 Å². The first kappa shape index (κ1) is 19.3. The molecule has 1 aromatic heterocycles. The average Bonchev–Trinajstić information content (AvgIpc) is 3.04. The van der Waals surface area contributed by atoms with Gasteiger partial charge in [0.1, 0.15) is 5.69 Å². The van der Waals surface area contributed by atoms with Gasteiger partial charge in [-0.25, -0.2) is 8.42 Å². The summed E-state index contributed by atoms with van der Waals surface area (Å²) in [4.78, 5) is 14.6. The lowest BCUT2D eigenvalue weighted by Gasteiger charge is -2.36. The number of rotatable bonds is 4. The highest BCUT2D eigenvalue weighted by molar-refractivity contribution is 7.89. The van der Waals surface area contributed by atoms with Gasteiger partial charge in [0.05, 0.1) is 24.2 Å². The second-order valence-electron chi connectivity index (χ2n) is 7.30. The zero-order chi connectivity index (χ0) is 18.9. The Kier molecular flexibility index (Phi) is 5.69. The van der Waals surface area contributed by atoms with Gasteiger partial charge in [-0.2, -0.15) is 9.40 Å². The molecular formula is C17H28N4O4S. The second-order valence-corrected chi connectivity index (χ2v) is 9.52. The molecule has 0 saturated carbocycles. The van der Waals surface area contributed by atoms with Crippen LogP contribution in [-0.2, 0) is 21.8 Å². The number of ether oxygens (including phenoxy) is 1. The molecule has 1 atom stereocenters. The lowest BCUT2D eigenvalue weighted by Crippen LogP contribution is -2.52. The Labute approximate surface area is 155 Å². The highest BCUT2D eigenvalue weighted by Crippen LogP contribution is 2.23. The van der Waals surface area contributed by atoms with Crippen molar-refractivity contribution in [3.05, 3.63) is 17.5 Å². The van der Waals surface area contributed by atoms with Crippen molar-refractivity contribution >= 4 is 15.9 Å². The number of amides is 1. The minimum absolute atomic E-state index is 0.145. The van der Waals surface area contributed by atoms with E-state index in [-0.39, 0.29) is 18.4 Å². The molecule has 3 rings (SSSR count). The number of aromatic nitrogens is 2. The predicted octanol–water partition coefficient (Wildman–Crippen LogP) is 0.810. The molecule has 146 valence electrons. The Morgan fingerprint density at radius 2 is 1.96 bits per heavy atom. The van der Waals surface area contributed by atoms with Gasteiger partial charge in [-0.05, 0) is 24.8 Å². The third kappa shape index (κ3) is 3.79. The largest absolute Gasteiger partial charge is 0.379 e. The van der Waals surface area contributed by atoms with Gasteiger partial charge in [-0.1, -0.05) is 13.8 Å². The average molecular weight is 385 g/mol. The van der Waals surface area contributed by atoms with E-state index in [0.29, 0.717) is 51.4 Å². The molecule has 1 amide bonds. The number of nitrogens with zero attached hydrogens (tertiary/aromatic N) is 4. The number of likely N-dealkylation sites (tertiary alicyclic amines) is 1. The second kappa shape index (κ2) is 7.66. The van der Waals surface area contributed by atoms with Crippen LogP contribution >= 0.6 is 0 Å². The number of aryl methyl sites for hydroxylation is 1. The van der Waals surface area contributed by atoms with Crippen molar-refractivity contribution < 1.29 is 17.9 Å². The van der Waals surface area contributed by atoms with Gasteiger partial charge in [0, 0.05) is 33.2 Å². The van der Waals surface area contributed by atoms with E-state index in [4.69, 9.17) is 4.74 Å². The fourth-order valence-electron chi connectivity index (χ4n) is 3.51. The molecule has 9 heteroatoms. The van der Waals surface area contributed by atoms with E-state index < -0.39 is 15.3 Å². The normalized spacial score (nSPS) is 22.8. The summed E-state index contributed by atoms with van der Waals surface area (Å²) in [6.45, 7) is 6.53. The molecule has 0 bridgehead atoms. The molecule has 0 radical (unpaired) electrons. The molecule has 2 fully saturated rings. The number of carbonyl (C=O) groups is 1. The standard InChI is InChI=1S/C17H28N4O4S/c1-13(2)15-11-16(19(3)18-15)17(22)20-6-4-5-14(12-20)26(23,24)21-7-9-25-10-8-21/h11,13-14H,4-10,12H2,1-3H3/t14-/m0/s1. The summed E-state index contributed by atoms with van der Waals surface area (Å²) in [5.41, 5.74) is 1.38. The molecule has 3 heterocycles. The van der Waals surface area contributed by atoms with Crippen LogP contribution in [0.2, 0.25) is 0 Å². The first-order chi connectivity index (χ1) is 12.3. The van der Waals surface area contributed by atoms with Crippen LogP contribution in [0.25, 0.3) is 0 Å². The molecular weight excluding hydrogens is 356 g/mol. The fraction of sp³-hybridized carbons (Fsp3) is 0.765. The van der Waals surface area contributed by atoms with Crippen LogP contribution in [0.5, 0.6) is 0 Å². The number of carbonyl (C=O) groups excluding carboxylic acids is 1. The summed E-state index contributed by atoms with van der Waals surface area (Å²) < 4.78 is 34.2. The lowest BCUT2D eigenvalue weighted by molar-refractivity contribution is 0.0680. The van der Waals surface area contributed by atoms with Crippen molar-refractivity contribution in [2.45, 2.75) is 37.9 Å². The van der Waals surface area contributed by atoms with Gasteiger partial charge >= 0.3 is 0 Å². The summed E-state index contributed by atoms with van der Waals surface area (Å²) in [6, 6.07) is 1.81. The SMILES string of the molecule is CC(C)c1cc(C(=O)N2CCC[C@H](S(=O)(=O)N3CCOCC3)C2)n(C)n1. The van der Waals surface area contributed by atoms with Crippen molar-refractivity contribution in [2.24, 2.45) is 7.05 Å². The summed E-state index contributed by atoms with van der Waals surface area (Å²) in [7, 11) is -1.66. The van der Waals surface area contributed by atoms with Crippen molar-refractivity contribution in [1.29, 1.82) is 0 Å². The third-order valence-electron chi connectivity index (χ3n) is 5.13. The van der Waals surface area contributed by atoms with Crippen molar-refractivity contribution in [2.75, 3.05) is 39.4 Å². The van der Waals surface area contributed by atoms with Crippen LogP contribution in [0.1, 0.15) is 48.8 Å². The molecule has 0 aliphatic carbocycles. The van der Waals surface area contributed by atoms with E-state index in [0.717, 1.165) is 5.69 Å². The highest BCUT2D eigenvalue weighted by Gasteiger charge is 2.37. The van der Waals surface area contributed by atoms with Crippen molar-refractivity contribution in [3.8, 4) is 0 Å². The zero-order valence-corrected chi connectivity index (χ0v) is 16.5. The van der Waals surface area contributed by atoms with Crippen LogP contribution in [0.3, 0.4) is 0 Å². The summed E-state index contributed by atoms with van der Waals surface area (Å²) in [5, 5.41) is 3.85. The number of hydrogen-bond donors (Lipinski definition) is 0. The molecule has 0 N–H and O–H groups in total. The van der Waals surface area contributed by atoms with Gasteiger partial charge in [0.25, 0.3) is 5.91 Å². The van der Waals surface area contributed by atoms with Crippen LogP contribution in [-0.4, -0.2) is 78.0 Å². The maximum absolute atomic E-state index is 12.9. The highest BCUT2D eigenvalue weighted by atomic mass is 32.2. The maximum atomic E-state index is 12.9. The topological polar surface area (TPSA) is 84.7 Å². The Balaban J connectivity index is 1.74. The van der Waals surface area contributed by atoms with Gasteiger partial charge in [0.15, 0.2) is 0 Å². The number of piperidine rings is 1. The van der Waals surface area contributed by atoms with E-state index in [2.05, 4.69) is 5.10 Å². The Morgan fingerprint density at radius 1 is 1.27 bits per heavy atom. The minimum atomic E-state index is -3.42. The monoisotopic (exact) mass is 384 g/mol. The van der Waals surface area contributed by atoms with Gasteiger partial charge in [-0.15, -0.1) is 0 Å². The first-order valence-corrected chi connectivity index (χ1v) is 10.7. The molecule has 2 aliphatic rings. The summed E-state index contributed by atoms with van der Waals surface area (Å²) >= 11 is 0. The van der Waals surface area contributed by atoms with Crippen LogP contribution in [0.15, 0.2) is 6.07 Å². The van der Waals surface area contributed by atoms with E-state index in [9.17, 15) is 13.2 Å². The first-order valence-electron chi connectivity index (χ1n) is 9.20. The van der Waals surface area contributed by atoms with Crippen molar-refractivity contribution in [3.63, 3.8) is 0 Å². The number of morpholine rings is 1. The molecule has 1 aromatic rings. The maximum Gasteiger partial charge on any atom is 0.272 e. The van der Waals surface area contributed by atoms with Crippen LogP contribution in [0.4, 0.5) is 0 Å². The molecule has 2 saturated heterocycles. The Bertz CT molecular complexity index is 753. The molecule has 0 aromatic carbocycles. The third-order valence-corrected chi connectivity index (χ3v) is 7.44. The van der Waals surface area contributed by atoms with Crippen LogP contribution < -0.4 is 0 Å². The molecule has 0 unspecified atom stereocenters. The number of sulfonamides is 1. The van der Waals surface area contributed by atoms with Gasteiger partial charge in [-0.3, -0.25) is 9.48 Å². The molecule has 26 heavy (non-hydrogen) atoms. The predicted molar refractivity (Wildman–Crippen MR) is 97.5 cm³/mol. The van der Waals surface area contributed by atoms with E-state index >= 15 is 0 Å². The quantitative estimate of drug-likeness (QED) is 0.767. The van der Waals surface area contributed by atoms with Crippen molar-refractivity contribution in [1.82, 2.24) is 19.0 Å². The van der Waals surface area contributed by atoms with Gasteiger partial charge in [0.2, 0.25) is 10.0 Å². The number of hydrogen-bond acceptors (Lipinski definition) is 5. The molecule has 0 spiro atoms. The fourth-order valence-corrected chi connectivity index (χ4v) is 5.42. The minimum Gasteiger partial charge on any atom is -0.379 e. The van der Waals surface area contributed by atoms with E-state index in [1.165, 1.54) is 4.31 Å². The van der Waals surface area contributed by atoms with E-state index in [1.807, 2.05) is 19.9 Å². The zero-order valence-electron chi connectivity index (χ0n) is 15.7. The Hall–Kier alpha value is -1.45. The van der Waals surface area contributed by atoms with E-state index in [1.54, 1.807) is 16.6 Å². The molecule has 8 nitrogen and oxygen atoms in total. The summed E-state index contributed by atoms with van der Waals surface area (Å²) in [6.07, 6.45) is 1.28.